The van der Waals surface area contributed by atoms with Gasteiger partial charge in [0.2, 0.25) is 53.2 Å². The number of unbranched alkanes of at least 4 members (excludes halogenated alkanes) is 12. The highest BCUT2D eigenvalue weighted by Crippen LogP contribution is 2.45. The van der Waals surface area contributed by atoms with Gasteiger partial charge in [-0.15, -0.1) is 0 Å². The minimum absolute atomic E-state index is 0.0399. The van der Waals surface area contributed by atoms with E-state index in [0.717, 1.165) is 31.6 Å². The Bertz CT molecular complexity index is 3290. The van der Waals surface area contributed by atoms with E-state index < -0.39 is 171 Å². The molecule has 5 aliphatic rings. The standard InChI is InChI=1S/C84H153N9O33P2/c1-5-41-91(70(103)31-15-6-20-38-85-67(100)28-12-9-23-47-117-82-73(88-58(2)97)79(109)76(106)64(55-94)124-82)43-51-120-127(112,113)122-53-45-93(72(105)33-17-8-22-40-87-69(102)30-14-11-25-49-119-84-75(90-60(4)99)81(111)78(108)66(57-96)126-84)46-54-123-128(114,115)121-52-44-92(42-50-116-63-36-34-62(35-37-63)61-26-18-19-27-61)71(104)32-16-7-21-39-86-68(101)29-13-10-24-48-118-83-74(89-59(3)98)80(110)77(107)65(56-95)125-83/h61-66,73-84,94-96,106-111H,5-57H2,1-4H3,(H,85,100)(H,86,101)(H,87,102)(H,88,97)(H,89,98)(H,90,99)(H,112,113)(H,114,115). The van der Waals surface area contributed by atoms with Gasteiger partial charge >= 0.3 is 15.6 Å². The van der Waals surface area contributed by atoms with E-state index in [-0.39, 0.29) is 140 Å². The summed E-state index contributed by atoms with van der Waals surface area (Å²) >= 11 is 0. The van der Waals surface area contributed by atoms with Gasteiger partial charge in [0, 0.05) is 138 Å². The maximum absolute atomic E-state index is 13.9. The molecule has 3 aliphatic heterocycles. The molecule has 17 N–H and O–H groups in total. The van der Waals surface area contributed by atoms with E-state index in [9.17, 15) is 108 Å². The van der Waals surface area contributed by atoms with Crippen LogP contribution in [0, 0.1) is 11.8 Å². The van der Waals surface area contributed by atoms with Crippen molar-refractivity contribution < 1.29 is 159 Å². The molecule has 3 heterocycles. The second-order valence-electron chi connectivity index (χ2n) is 33.7. The van der Waals surface area contributed by atoms with Crippen LogP contribution >= 0.6 is 15.6 Å². The zero-order valence-corrected chi connectivity index (χ0v) is 77.3. The second-order valence-corrected chi connectivity index (χ2v) is 36.6. The van der Waals surface area contributed by atoms with Crippen LogP contribution in [0.5, 0.6) is 0 Å². The molecule has 9 amide bonds. The highest BCUT2D eigenvalue weighted by molar-refractivity contribution is 7.47. The maximum atomic E-state index is 13.9. The van der Waals surface area contributed by atoms with E-state index in [2.05, 4.69) is 31.9 Å². The SMILES string of the molecule is CCCN(CCOP(=O)(O)OCCN(CCOP(=O)(O)OCCN(CCOC1CCC(C2CCCC2)CC1)C(=O)CCCCCNC(=O)CCCCCOC1OC(CO)C(O)C(O)C1NC(C)=O)C(=O)CCCCCNC(=O)CCCCCOC1OC(CO)C(O)C(O)C1NC(C)=O)C(=O)CCCCCNC(=O)CCCCCOC1OC(CO)C(O)C(O)C1NC(C)=O. The fourth-order valence-electron chi connectivity index (χ4n) is 16.3. The van der Waals surface area contributed by atoms with Crippen LogP contribution in [-0.4, -0.2) is 353 Å². The van der Waals surface area contributed by atoms with Gasteiger partial charge in [-0.05, 0) is 121 Å². The molecule has 0 radical (unpaired) electrons. The van der Waals surface area contributed by atoms with Crippen molar-refractivity contribution in [2.24, 2.45) is 11.8 Å². The van der Waals surface area contributed by atoms with Gasteiger partial charge in [-0.2, -0.15) is 0 Å². The molecule has 3 saturated heterocycles. The number of carbonyl (C=O) groups is 9. The summed E-state index contributed by atoms with van der Waals surface area (Å²) in [6, 6.07) is -3.19. The smallest absolute Gasteiger partial charge is 0.394 e. The van der Waals surface area contributed by atoms with E-state index in [1.807, 2.05) is 6.92 Å². The summed E-state index contributed by atoms with van der Waals surface area (Å²) in [6.45, 7) is 3.51. The maximum Gasteiger partial charge on any atom is 0.472 e. The van der Waals surface area contributed by atoms with Crippen LogP contribution in [-0.2, 0) is 104 Å². The molecule has 742 valence electrons. The first-order chi connectivity index (χ1) is 61.3. The minimum atomic E-state index is -4.85. The summed E-state index contributed by atoms with van der Waals surface area (Å²) in [4.78, 5) is 141. The summed E-state index contributed by atoms with van der Waals surface area (Å²) < 4.78 is 88.6. The van der Waals surface area contributed by atoms with Crippen LogP contribution in [0.3, 0.4) is 0 Å². The summed E-state index contributed by atoms with van der Waals surface area (Å²) in [5, 5.41) is 107. The first-order valence-corrected chi connectivity index (χ1v) is 49.3. The van der Waals surface area contributed by atoms with Gasteiger partial charge < -0.3 is 136 Å². The topological polar surface area (TPSA) is 594 Å². The number of hydrogen-bond donors (Lipinski definition) is 17. The zero-order valence-electron chi connectivity index (χ0n) is 75.5. The normalized spacial score (nSPS) is 25.9. The molecular weight excluding hydrogens is 1720 g/mol. The monoisotopic (exact) mass is 1880 g/mol. The Kier molecular flexibility index (Phi) is 56.6. The lowest BCUT2D eigenvalue weighted by Gasteiger charge is -2.42. The lowest BCUT2D eigenvalue weighted by Crippen LogP contribution is -2.64. The predicted molar refractivity (Wildman–Crippen MR) is 461 cm³/mol. The van der Waals surface area contributed by atoms with Gasteiger partial charge in [-0.3, -0.25) is 61.2 Å². The molecular formula is C84H153N9O33P2. The van der Waals surface area contributed by atoms with E-state index >= 15 is 0 Å². The van der Waals surface area contributed by atoms with Gasteiger partial charge in [-0.1, -0.05) is 71.1 Å². The number of aliphatic hydroxyl groups is 9. The quantitative estimate of drug-likeness (QED) is 0.0303. The van der Waals surface area contributed by atoms with Gasteiger partial charge in [-0.25, -0.2) is 9.13 Å². The number of phosphoric acid groups is 2. The number of hydrogen-bond acceptors (Lipinski definition) is 31. The molecule has 0 aromatic rings. The van der Waals surface area contributed by atoms with E-state index in [0.29, 0.717) is 154 Å². The highest BCUT2D eigenvalue weighted by Gasteiger charge is 2.48. The largest absolute Gasteiger partial charge is 0.472 e. The van der Waals surface area contributed by atoms with Gasteiger partial charge in [0.15, 0.2) is 18.9 Å². The Morgan fingerprint density at radius 1 is 0.344 bits per heavy atom. The Labute approximate surface area is 752 Å². The molecule has 42 nitrogen and oxygen atoms in total. The van der Waals surface area contributed by atoms with Crippen LogP contribution in [0.15, 0.2) is 0 Å². The fraction of sp³-hybridized carbons (Fsp3) is 0.893. The van der Waals surface area contributed by atoms with E-state index in [1.54, 1.807) is 0 Å². The number of phosphoric ester groups is 2. The van der Waals surface area contributed by atoms with Crippen LogP contribution < -0.4 is 31.9 Å². The summed E-state index contributed by atoms with van der Waals surface area (Å²) in [6.07, 6.45) is 5.02. The second kappa shape index (κ2) is 63.9. The molecule has 0 aromatic carbocycles. The lowest BCUT2D eigenvalue weighted by molar-refractivity contribution is -0.270. The molecule has 0 aromatic heterocycles. The molecule has 0 bridgehead atoms. The van der Waals surface area contributed by atoms with Crippen molar-refractivity contribution in [1.82, 2.24) is 46.6 Å². The Balaban J connectivity index is 1.06. The number of rotatable bonds is 68. The number of nitrogens with zero attached hydrogens (tertiary/aromatic N) is 3. The number of nitrogens with one attached hydrogen (secondary N) is 6. The molecule has 2 aliphatic carbocycles. The number of aliphatic hydroxyl groups excluding tert-OH is 9. The van der Waals surface area contributed by atoms with Crippen LogP contribution in [0.4, 0.5) is 0 Å². The third-order valence-electron chi connectivity index (χ3n) is 23.4. The van der Waals surface area contributed by atoms with Crippen LogP contribution in [0.2, 0.25) is 0 Å². The van der Waals surface area contributed by atoms with E-state index in [1.165, 1.54) is 61.2 Å². The van der Waals surface area contributed by atoms with Gasteiger partial charge in [0.1, 0.15) is 73.1 Å². The minimum Gasteiger partial charge on any atom is -0.394 e. The molecule has 128 heavy (non-hydrogen) atoms. The molecule has 5 rings (SSSR count). The average Bonchev–Trinajstić information content (AvgIpc) is 0.831. The van der Waals surface area contributed by atoms with E-state index in [4.69, 9.17) is 51.3 Å². The van der Waals surface area contributed by atoms with Crippen molar-refractivity contribution in [1.29, 1.82) is 0 Å². The summed E-state index contributed by atoms with van der Waals surface area (Å²) in [7, 11) is -9.66. The van der Waals surface area contributed by atoms with Crippen molar-refractivity contribution >= 4 is 68.8 Å². The average molecular weight is 1880 g/mol. The van der Waals surface area contributed by atoms with Crippen molar-refractivity contribution in [3.8, 4) is 0 Å². The summed E-state index contributed by atoms with van der Waals surface area (Å²) in [5.41, 5.74) is 0. The molecule has 17 atom stereocenters. The molecule has 17 unspecified atom stereocenters. The summed E-state index contributed by atoms with van der Waals surface area (Å²) in [5.74, 6) is -1.39. The number of ether oxygens (including phenoxy) is 7. The van der Waals surface area contributed by atoms with Crippen molar-refractivity contribution in [2.75, 3.05) is 132 Å². The first-order valence-electron chi connectivity index (χ1n) is 46.3. The molecule has 2 saturated carbocycles. The fourth-order valence-corrected chi connectivity index (χ4v) is 17.7. The number of amides is 9. The predicted octanol–water partition coefficient (Wildman–Crippen LogP) is 1.51. The first kappa shape index (κ1) is 113. The molecule has 0 spiro atoms. The highest BCUT2D eigenvalue weighted by atomic mass is 31.2. The lowest BCUT2D eigenvalue weighted by atomic mass is 9.78. The van der Waals surface area contributed by atoms with Crippen molar-refractivity contribution in [3.05, 3.63) is 0 Å². The number of carbonyl (C=O) groups excluding carboxylic acids is 9. The van der Waals surface area contributed by atoms with Crippen molar-refractivity contribution in [3.63, 3.8) is 0 Å². The van der Waals surface area contributed by atoms with Crippen molar-refractivity contribution in [2.45, 2.75) is 338 Å². The molecule has 5 fully saturated rings. The third-order valence-corrected chi connectivity index (χ3v) is 25.5. The Morgan fingerprint density at radius 3 is 0.922 bits per heavy atom. The van der Waals surface area contributed by atoms with Crippen LogP contribution in [0.1, 0.15) is 240 Å². The third kappa shape index (κ3) is 44.8. The Hall–Kier alpha value is -5.19. The van der Waals surface area contributed by atoms with Gasteiger partial charge in [0.25, 0.3) is 0 Å². The Morgan fingerprint density at radius 2 is 0.625 bits per heavy atom. The zero-order chi connectivity index (χ0) is 93.8. The molecule has 44 heteroatoms. The van der Waals surface area contributed by atoms with Crippen LogP contribution in [0.25, 0.3) is 0 Å². The van der Waals surface area contributed by atoms with Gasteiger partial charge in [0.05, 0.1) is 59.0 Å².